The lowest BCUT2D eigenvalue weighted by Gasteiger charge is -2.19. The summed E-state index contributed by atoms with van der Waals surface area (Å²) >= 11 is 0. The third kappa shape index (κ3) is 9.15. The van der Waals surface area contributed by atoms with E-state index in [9.17, 15) is 33.9 Å². The van der Waals surface area contributed by atoms with Crippen LogP contribution in [0.5, 0.6) is 0 Å². The molecule has 45 heavy (non-hydrogen) atoms. The lowest BCUT2D eigenvalue weighted by atomic mass is 10.1. The fourth-order valence-corrected chi connectivity index (χ4v) is 4.47. The number of carboxylic acid groups (broad SMARTS) is 2. The maximum Gasteiger partial charge on any atom is 0.320 e. The van der Waals surface area contributed by atoms with Crippen LogP contribution < -0.4 is 5.73 Å². The molecular formula is C33H37N3O9. The number of aliphatic carboxylic acids is 2. The second-order valence-electron chi connectivity index (χ2n) is 10.1. The third-order valence-electron chi connectivity index (χ3n) is 6.90. The SMILES string of the molecule is C=CC[C@@H](CO)CN1C(=O)c2ccccc2C1=O.C=CC[C@H](CN1C(=O)c2ccccc2C1=O)C(=O)O.C=CC[C@H](N)C(=O)O. The third-order valence-corrected chi connectivity index (χ3v) is 6.90. The van der Waals surface area contributed by atoms with Crippen molar-refractivity contribution in [1.29, 1.82) is 0 Å². The van der Waals surface area contributed by atoms with Gasteiger partial charge in [0.2, 0.25) is 0 Å². The first-order valence-electron chi connectivity index (χ1n) is 14.0. The Balaban J connectivity index is 0.000000255. The van der Waals surface area contributed by atoms with Crippen molar-refractivity contribution in [2.75, 3.05) is 19.7 Å². The molecule has 0 radical (unpaired) electrons. The van der Waals surface area contributed by atoms with Gasteiger partial charge in [-0.25, -0.2) is 0 Å². The predicted molar refractivity (Wildman–Crippen MR) is 165 cm³/mol. The van der Waals surface area contributed by atoms with Gasteiger partial charge in [-0.3, -0.25) is 38.6 Å². The summed E-state index contributed by atoms with van der Waals surface area (Å²) in [5, 5.41) is 26.4. The molecule has 4 amide bonds. The fourth-order valence-electron chi connectivity index (χ4n) is 4.47. The molecule has 2 aromatic carbocycles. The number of carboxylic acids is 2. The number of benzene rings is 2. The average molecular weight is 620 g/mol. The van der Waals surface area contributed by atoms with Gasteiger partial charge in [0.25, 0.3) is 23.6 Å². The van der Waals surface area contributed by atoms with E-state index in [1.165, 1.54) is 17.1 Å². The van der Waals surface area contributed by atoms with Crippen LogP contribution in [0.4, 0.5) is 0 Å². The van der Waals surface area contributed by atoms with Crippen LogP contribution in [0.15, 0.2) is 86.5 Å². The minimum absolute atomic E-state index is 0.0700. The van der Waals surface area contributed by atoms with E-state index in [-0.39, 0.29) is 43.8 Å². The summed E-state index contributed by atoms with van der Waals surface area (Å²) in [6.07, 6.45) is 5.75. The Morgan fingerprint density at radius 3 is 1.33 bits per heavy atom. The van der Waals surface area contributed by atoms with Gasteiger partial charge >= 0.3 is 11.9 Å². The molecule has 2 aliphatic heterocycles. The van der Waals surface area contributed by atoms with Gasteiger partial charge in [-0.1, -0.05) is 42.5 Å². The molecule has 12 heteroatoms. The Kier molecular flexibility index (Phi) is 13.7. The summed E-state index contributed by atoms with van der Waals surface area (Å²) in [6.45, 7) is 10.5. The van der Waals surface area contributed by atoms with Crippen LogP contribution in [0.25, 0.3) is 0 Å². The van der Waals surface area contributed by atoms with Gasteiger partial charge in [0, 0.05) is 25.6 Å². The fraction of sp³-hybridized carbons (Fsp3) is 0.273. The molecule has 0 spiro atoms. The second-order valence-corrected chi connectivity index (χ2v) is 10.1. The zero-order valence-electron chi connectivity index (χ0n) is 24.7. The van der Waals surface area contributed by atoms with Crippen LogP contribution in [-0.4, -0.2) is 86.4 Å². The molecule has 2 heterocycles. The minimum Gasteiger partial charge on any atom is -0.481 e. The first-order valence-corrected chi connectivity index (χ1v) is 14.0. The Labute approximate surface area is 260 Å². The van der Waals surface area contributed by atoms with Crippen LogP contribution in [0.2, 0.25) is 0 Å². The zero-order chi connectivity index (χ0) is 33.7. The molecule has 3 atom stereocenters. The number of hydrogen-bond donors (Lipinski definition) is 4. The summed E-state index contributed by atoms with van der Waals surface area (Å²) < 4.78 is 0. The van der Waals surface area contributed by atoms with Crippen molar-refractivity contribution in [3.8, 4) is 0 Å². The summed E-state index contributed by atoms with van der Waals surface area (Å²) in [7, 11) is 0. The Bertz CT molecular complexity index is 1400. The number of nitrogens with two attached hydrogens (primary N) is 1. The highest BCUT2D eigenvalue weighted by Gasteiger charge is 2.38. The van der Waals surface area contributed by atoms with Crippen LogP contribution in [0.3, 0.4) is 0 Å². The first-order chi connectivity index (χ1) is 21.4. The van der Waals surface area contributed by atoms with Gasteiger partial charge in [-0.05, 0) is 43.5 Å². The van der Waals surface area contributed by atoms with E-state index in [0.717, 1.165) is 4.90 Å². The van der Waals surface area contributed by atoms with Crippen LogP contribution in [0, 0.1) is 11.8 Å². The highest BCUT2D eigenvalue weighted by molar-refractivity contribution is 6.22. The number of amides is 4. The number of allylic oxidation sites excluding steroid dienone is 2. The molecule has 0 unspecified atom stereocenters. The number of imide groups is 2. The smallest absolute Gasteiger partial charge is 0.320 e. The van der Waals surface area contributed by atoms with E-state index < -0.39 is 35.7 Å². The molecule has 0 saturated carbocycles. The first kappa shape index (κ1) is 36.0. The largest absolute Gasteiger partial charge is 0.481 e. The second kappa shape index (κ2) is 17.2. The standard InChI is InChI=1S/C14H13NO4.C14H15NO3.C5H9NO2/c1-2-5-9(14(18)19)8-15-12(16)10-6-3-4-7-11(10)13(15)17;1-2-5-10(9-16)8-15-13(17)11-6-3-4-7-12(11)14(15)18;1-2-3-4(6)5(7)8/h2-4,6-7,9H,1,5,8H2,(H,18,19);2-4,6-7,10,16H,1,5,8-9H2;2,4H,1,3,6H2,(H,7,8)/t9-;10-;4-/m110/s1. The molecule has 0 aromatic heterocycles. The molecular weight excluding hydrogens is 582 g/mol. The number of rotatable bonds is 13. The number of hydrogen-bond acceptors (Lipinski definition) is 8. The maximum atomic E-state index is 12.1. The van der Waals surface area contributed by atoms with Crippen molar-refractivity contribution in [3.63, 3.8) is 0 Å². The topological polar surface area (TPSA) is 196 Å². The van der Waals surface area contributed by atoms with Crippen molar-refractivity contribution in [3.05, 3.63) is 109 Å². The van der Waals surface area contributed by atoms with Gasteiger partial charge < -0.3 is 21.1 Å². The Hall–Kier alpha value is -5.20. The Morgan fingerprint density at radius 2 is 1.04 bits per heavy atom. The molecule has 238 valence electrons. The van der Waals surface area contributed by atoms with Gasteiger partial charge in [-0.15, -0.1) is 19.7 Å². The molecule has 12 nitrogen and oxygen atoms in total. The van der Waals surface area contributed by atoms with Crippen molar-refractivity contribution >= 4 is 35.6 Å². The number of aliphatic hydroxyl groups excluding tert-OH is 1. The van der Waals surface area contributed by atoms with E-state index >= 15 is 0 Å². The van der Waals surface area contributed by atoms with Crippen molar-refractivity contribution in [2.45, 2.75) is 25.3 Å². The summed E-state index contributed by atoms with van der Waals surface area (Å²) in [6, 6.07) is 12.5. The lowest BCUT2D eigenvalue weighted by Crippen LogP contribution is -2.37. The van der Waals surface area contributed by atoms with Crippen molar-refractivity contribution in [2.24, 2.45) is 17.6 Å². The van der Waals surface area contributed by atoms with E-state index in [1.807, 2.05) is 0 Å². The summed E-state index contributed by atoms with van der Waals surface area (Å²) in [5.41, 5.74) is 6.60. The van der Waals surface area contributed by atoms with Gasteiger partial charge in [0.1, 0.15) is 6.04 Å². The number of carbonyl (C=O) groups excluding carboxylic acids is 4. The van der Waals surface area contributed by atoms with Gasteiger partial charge in [-0.2, -0.15) is 0 Å². The highest BCUT2D eigenvalue weighted by atomic mass is 16.4. The van der Waals surface area contributed by atoms with E-state index in [1.54, 1.807) is 54.6 Å². The van der Waals surface area contributed by atoms with Crippen LogP contribution in [0.1, 0.15) is 60.7 Å². The van der Waals surface area contributed by atoms with Crippen molar-refractivity contribution in [1.82, 2.24) is 9.80 Å². The predicted octanol–water partition coefficient (Wildman–Crippen LogP) is 3.00. The molecule has 0 aliphatic carbocycles. The monoisotopic (exact) mass is 619 g/mol. The number of fused-ring (bicyclic) bond motifs is 2. The Morgan fingerprint density at radius 1 is 0.667 bits per heavy atom. The van der Waals surface area contributed by atoms with E-state index in [0.29, 0.717) is 35.1 Å². The van der Waals surface area contributed by atoms with Gasteiger partial charge in [0.05, 0.1) is 28.2 Å². The van der Waals surface area contributed by atoms with Crippen LogP contribution in [-0.2, 0) is 9.59 Å². The van der Waals surface area contributed by atoms with Crippen LogP contribution >= 0.6 is 0 Å². The number of nitrogens with zero attached hydrogens (tertiary/aromatic N) is 2. The molecule has 0 fully saturated rings. The molecule has 4 rings (SSSR count). The number of aliphatic hydroxyl groups is 1. The lowest BCUT2D eigenvalue weighted by molar-refractivity contribution is -0.142. The normalized spacial score (nSPS) is 15.0. The maximum absolute atomic E-state index is 12.1. The zero-order valence-corrected chi connectivity index (χ0v) is 24.7. The highest BCUT2D eigenvalue weighted by Crippen LogP contribution is 2.25. The van der Waals surface area contributed by atoms with E-state index in [4.69, 9.17) is 15.9 Å². The van der Waals surface area contributed by atoms with Gasteiger partial charge in [0.15, 0.2) is 0 Å². The van der Waals surface area contributed by atoms with Crippen molar-refractivity contribution < 1.29 is 44.1 Å². The minimum atomic E-state index is -1.04. The van der Waals surface area contributed by atoms with E-state index in [2.05, 4.69) is 19.7 Å². The quantitative estimate of drug-likeness (QED) is 0.191. The molecule has 2 aromatic rings. The average Bonchev–Trinajstić information content (AvgIpc) is 3.41. The molecule has 5 N–H and O–H groups in total. The molecule has 0 bridgehead atoms. The summed E-state index contributed by atoms with van der Waals surface area (Å²) in [4.78, 5) is 71.4. The summed E-state index contributed by atoms with van der Waals surface area (Å²) in [5.74, 6) is -4.42. The molecule has 2 aliphatic rings. The molecule has 0 saturated heterocycles. The number of carbonyl (C=O) groups is 6.